The Bertz CT molecular complexity index is 3520. The van der Waals surface area contributed by atoms with Crippen molar-refractivity contribution in [1.29, 1.82) is 0 Å². The van der Waals surface area contributed by atoms with Crippen LogP contribution in [0.15, 0.2) is 206 Å². The van der Waals surface area contributed by atoms with Crippen molar-refractivity contribution in [3.8, 4) is 11.4 Å². The molecule has 2 nitrogen and oxygen atoms in total. The Balaban J connectivity index is 1.39. The fourth-order valence-electron chi connectivity index (χ4n) is 7.46. The van der Waals surface area contributed by atoms with Gasteiger partial charge in [0.25, 0.3) is 0 Å². The highest BCUT2D eigenvalue weighted by Crippen LogP contribution is 2.46. The van der Waals surface area contributed by atoms with Gasteiger partial charge in [-0.1, -0.05) is 158 Å². The van der Waals surface area contributed by atoms with Crippen LogP contribution in [0.5, 0.6) is 0 Å². The topological polar surface area (TPSA) is 9.86 Å². The van der Waals surface area contributed by atoms with Crippen molar-refractivity contribution in [3.63, 3.8) is 0 Å². The third kappa shape index (κ3) is 4.43. The van der Waals surface area contributed by atoms with E-state index in [1.807, 2.05) is 103 Å². The zero-order valence-electron chi connectivity index (χ0n) is 41.9. The first kappa shape index (κ1) is 17.8. The first-order valence-electron chi connectivity index (χ1n) is 23.9. The van der Waals surface area contributed by atoms with E-state index in [-0.39, 0.29) is 43.6 Å². The van der Waals surface area contributed by atoms with E-state index in [0.717, 1.165) is 26.8 Å². The Morgan fingerprint density at radius 2 is 0.765 bits per heavy atom. The smallest absolute Gasteiger partial charge is 0.0702 e. The number of benzene rings is 8. The van der Waals surface area contributed by atoms with Gasteiger partial charge in [0.1, 0.15) is 0 Å². The minimum absolute atomic E-state index is 0.0949. The maximum Gasteiger partial charge on any atom is 0.0702 e. The molecular weight excluding hydrogens is 617 g/mol. The van der Waals surface area contributed by atoms with E-state index in [1.54, 1.807) is 12.1 Å². The number of fused-ring (bicyclic) bond motifs is 6. The minimum atomic E-state index is -0.965. The highest BCUT2D eigenvalue weighted by molar-refractivity contribution is 6.12. The molecule has 0 radical (unpaired) electrons. The van der Waals surface area contributed by atoms with Crippen LogP contribution in [0.4, 0.5) is 0 Å². The molecule has 0 atom stereocenters. The Labute approximate surface area is 318 Å². The van der Waals surface area contributed by atoms with E-state index in [9.17, 15) is 6.85 Å². The van der Waals surface area contributed by atoms with E-state index in [4.69, 9.17) is 13.7 Å². The van der Waals surface area contributed by atoms with Gasteiger partial charge in [-0.05, 0) is 70.6 Å². The van der Waals surface area contributed by atoms with Crippen molar-refractivity contribution in [2.24, 2.45) is 0 Å². The molecule has 2 heterocycles. The first-order chi connectivity index (χ1) is 31.6. The van der Waals surface area contributed by atoms with E-state index in [2.05, 4.69) is 0 Å². The summed E-state index contributed by atoms with van der Waals surface area (Å²) in [5.74, 6) is 0. The Morgan fingerprint density at radius 3 is 1.27 bits per heavy atom. The lowest BCUT2D eigenvalue weighted by molar-refractivity contribution is 0.744. The van der Waals surface area contributed by atoms with Crippen LogP contribution in [-0.2, 0) is 5.41 Å². The van der Waals surface area contributed by atoms with Crippen molar-refractivity contribution in [2.75, 3.05) is 0 Å². The van der Waals surface area contributed by atoms with Gasteiger partial charge in [-0.3, -0.25) is 0 Å². The molecule has 8 aromatic carbocycles. The van der Waals surface area contributed by atoms with Crippen LogP contribution in [-0.4, -0.2) is 9.13 Å². The summed E-state index contributed by atoms with van der Waals surface area (Å²) in [6, 6.07) is 27.6. The summed E-state index contributed by atoms with van der Waals surface area (Å²) in [5.41, 5.74) is 1.44. The molecule has 0 unspecified atom stereocenters. The largest absolute Gasteiger partial charge is 0.309 e. The van der Waals surface area contributed by atoms with E-state index in [0.29, 0.717) is 5.69 Å². The molecule has 0 saturated carbocycles. The molecule has 0 aliphatic carbocycles. The van der Waals surface area contributed by atoms with E-state index < -0.39 is 102 Å². The van der Waals surface area contributed by atoms with Gasteiger partial charge in [0.05, 0.1) is 48.0 Å². The molecule has 0 N–H and O–H groups in total. The average Bonchev–Trinajstić information content (AvgIpc) is 3.89. The van der Waals surface area contributed by atoms with Gasteiger partial charge in [-0.25, -0.2) is 0 Å². The lowest BCUT2D eigenvalue weighted by atomic mass is 9.65. The maximum absolute atomic E-state index is 10.00. The third-order valence-electron chi connectivity index (χ3n) is 9.56. The molecule has 0 bridgehead atoms. The zero-order chi connectivity index (χ0) is 46.8. The van der Waals surface area contributed by atoms with Crippen molar-refractivity contribution in [3.05, 3.63) is 228 Å². The van der Waals surface area contributed by atoms with Gasteiger partial charge in [0.2, 0.25) is 0 Å². The van der Waals surface area contributed by atoms with E-state index in [1.165, 1.54) is 4.57 Å². The Morgan fingerprint density at radius 1 is 0.353 bits per heavy atom. The molecule has 240 valence electrons. The van der Waals surface area contributed by atoms with Crippen LogP contribution >= 0.6 is 0 Å². The van der Waals surface area contributed by atoms with Gasteiger partial charge in [0, 0.05) is 32.9 Å². The van der Waals surface area contributed by atoms with Crippen molar-refractivity contribution in [1.82, 2.24) is 9.13 Å². The van der Waals surface area contributed by atoms with Crippen LogP contribution in [0.25, 0.3) is 55.0 Å². The molecule has 0 aliphatic heterocycles. The van der Waals surface area contributed by atoms with Crippen LogP contribution in [0, 0.1) is 0 Å². The van der Waals surface area contributed by atoms with E-state index >= 15 is 0 Å². The summed E-state index contributed by atoms with van der Waals surface area (Å²) in [6.45, 7) is 0. The summed E-state index contributed by atoms with van der Waals surface area (Å²) in [7, 11) is 0. The van der Waals surface area contributed by atoms with Gasteiger partial charge in [0.15, 0.2) is 0 Å². The second-order valence-electron chi connectivity index (χ2n) is 12.2. The normalized spacial score (nSPS) is 16.0. The molecule has 0 spiro atoms. The third-order valence-corrected chi connectivity index (χ3v) is 9.56. The summed E-state index contributed by atoms with van der Waals surface area (Å²) in [6.07, 6.45) is 0. The Kier molecular flexibility index (Phi) is 4.11. The predicted molar refractivity (Wildman–Crippen MR) is 213 cm³/mol. The molecule has 51 heavy (non-hydrogen) atoms. The monoisotopic (exact) mass is 665 g/mol. The van der Waals surface area contributed by atoms with Crippen LogP contribution in [0.1, 0.15) is 42.8 Å². The number of rotatable bonds is 6. The molecule has 10 rings (SSSR count). The fraction of sp³-hybridized carbons (Fsp3) is 0.0204. The number of para-hydroxylation sites is 3. The van der Waals surface area contributed by atoms with Crippen LogP contribution in [0.3, 0.4) is 0 Å². The lowest BCUT2D eigenvalue weighted by Gasteiger charge is -2.37. The molecule has 0 aliphatic rings. The van der Waals surface area contributed by atoms with Gasteiger partial charge < -0.3 is 9.13 Å². The number of hydrogen-bond acceptors (Lipinski definition) is 0. The van der Waals surface area contributed by atoms with Crippen molar-refractivity contribution < 1.29 is 20.6 Å². The standard InChI is InChI=1S/C49H34N2/c1-4-17-35(18-5-1)49(36-19-6-2-7-20-36,37-21-8-3-9-22-37)38-23-16-24-39(33-38)50-47-30-15-12-27-43(47)44-34-40(31-32-48(44)50)51-45-28-13-10-25-41(45)42-26-11-14-29-46(42)51/h1-34H/i10D,11D,12D,13D,14D,15D,25D,26D,27D,28D,29D,30D,31D,32D,34D. The summed E-state index contributed by atoms with van der Waals surface area (Å²) in [4.78, 5) is 0. The summed E-state index contributed by atoms with van der Waals surface area (Å²) < 4.78 is 138. The van der Waals surface area contributed by atoms with Crippen molar-refractivity contribution >= 4 is 43.6 Å². The summed E-state index contributed by atoms with van der Waals surface area (Å²) in [5, 5.41) is -0.914. The van der Waals surface area contributed by atoms with Crippen molar-refractivity contribution in [2.45, 2.75) is 5.41 Å². The summed E-state index contributed by atoms with van der Waals surface area (Å²) >= 11 is 0. The molecule has 10 aromatic rings. The second kappa shape index (κ2) is 11.8. The zero-order valence-corrected chi connectivity index (χ0v) is 26.9. The molecule has 2 heteroatoms. The molecule has 0 fully saturated rings. The van der Waals surface area contributed by atoms with Gasteiger partial charge in [-0.15, -0.1) is 0 Å². The van der Waals surface area contributed by atoms with Crippen LogP contribution in [0.2, 0.25) is 0 Å². The number of hydrogen-bond donors (Lipinski definition) is 0. The molecule has 2 aromatic heterocycles. The maximum atomic E-state index is 10.00. The molecular formula is C49H34N2. The fourth-order valence-corrected chi connectivity index (χ4v) is 7.46. The number of nitrogens with zero attached hydrogens (tertiary/aromatic N) is 2. The predicted octanol–water partition coefficient (Wildman–Crippen LogP) is 12.3. The highest BCUT2D eigenvalue weighted by Gasteiger charge is 2.38. The molecule has 0 saturated heterocycles. The number of aromatic nitrogens is 2. The van der Waals surface area contributed by atoms with Gasteiger partial charge >= 0.3 is 0 Å². The minimum Gasteiger partial charge on any atom is -0.309 e. The van der Waals surface area contributed by atoms with Gasteiger partial charge in [-0.2, -0.15) is 0 Å². The average molecular weight is 666 g/mol. The second-order valence-corrected chi connectivity index (χ2v) is 12.2. The lowest BCUT2D eigenvalue weighted by Crippen LogP contribution is -2.31. The SMILES string of the molecule is [2H]c1c([2H])c([2H])c2c(c1[2H])c1c([2H])c(-n3c4c([2H])c([2H])c([2H])c([2H])c4c4c([2H])c([2H])c([2H])c([2H])c43)c([2H])c([2H])c1n2-c1cccc(C(c2ccccc2)(c2ccccc2)c2ccccc2)c1. The quantitative estimate of drug-likeness (QED) is 0.156. The highest BCUT2D eigenvalue weighted by atomic mass is 15.0. The molecule has 0 amide bonds. The Hall–Kier alpha value is -6.64. The first-order valence-corrected chi connectivity index (χ1v) is 16.4. The van der Waals surface area contributed by atoms with Crippen LogP contribution < -0.4 is 0 Å².